The molecule has 0 aliphatic carbocycles. The van der Waals surface area contributed by atoms with Gasteiger partial charge in [-0.05, 0) is 29.8 Å². The second-order valence-corrected chi connectivity index (χ2v) is 5.38. The largest absolute Gasteiger partial charge is 0.417 e. The Labute approximate surface area is 141 Å². The van der Waals surface area contributed by atoms with Gasteiger partial charge in [-0.2, -0.15) is 13.2 Å². The van der Waals surface area contributed by atoms with Crippen LogP contribution in [0.25, 0.3) is 0 Å². The molecule has 3 rings (SSSR count). The Morgan fingerprint density at radius 2 is 1.88 bits per heavy atom. The van der Waals surface area contributed by atoms with E-state index >= 15 is 0 Å². The van der Waals surface area contributed by atoms with Crippen LogP contribution in [-0.4, -0.2) is 16.7 Å². The number of halogens is 3. The van der Waals surface area contributed by atoms with Gasteiger partial charge < -0.3 is 10.7 Å². The zero-order valence-corrected chi connectivity index (χ0v) is 13.1. The fourth-order valence-electron chi connectivity index (χ4n) is 2.27. The van der Waals surface area contributed by atoms with Crippen molar-refractivity contribution in [1.29, 1.82) is 0 Å². The lowest BCUT2D eigenvalue weighted by Gasteiger charge is -2.08. The molecule has 1 aliphatic heterocycles. The Morgan fingerprint density at radius 3 is 2.44 bits per heavy atom. The molecule has 2 heterocycles. The zero-order valence-electron chi connectivity index (χ0n) is 13.1. The lowest BCUT2D eigenvalue weighted by molar-refractivity contribution is -0.137. The van der Waals surface area contributed by atoms with Gasteiger partial charge in [0.1, 0.15) is 11.9 Å². The SMILES string of the molecule is CC(=O)Nc1ccc([C@H]2N=C(c3ccc(C(F)(F)F)cn3)NN2)cc1. The summed E-state index contributed by atoms with van der Waals surface area (Å²) in [7, 11) is 0. The molecule has 0 fully saturated rings. The number of hydrogen-bond acceptors (Lipinski definition) is 5. The van der Waals surface area contributed by atoms with Gasteiger partial charge in [-0.1, -0.05) is 12.1 Å². The van der Waals surface area contributed by atoms with Crippen LogP contribution in [0.15, 0.2) is 47.6 Å². The summed E-state index contributed by atoms with van der Waals surface area (Å²) < 4.78 is 37.7. The predicted octanol–water partition coefficient (Wildman–Crippen LogP) is 2.61. The van der Waals surface area contributed by atoms with E-state index in [1.165, 1.54) is 13.0 Å². The number of amidine groups is 1. The van der Waals surface area contributed by atoms with Gasteiger partial charge in [0.2, 0.25) is 5.91 Å². The van der Waals surface area contributed by atoms with Gasteiger partial charge in [-0.25, -0.2) is 10.4 Å². The van der Waals surface area contributed by atoms with Crippen LogP contribution in [0.4, 0.5) is 18.9 Å². The molecular weight excluding hydrogens is 335 g/mol. The van der Waals surface area contributed by atoms with Gasteiger partial charge in [-0.3, -0.25) is 9.78 Å². The first-order valence-electron chi connectivity index (χ1n) is 7.33. The number of carbonyl (C=O) groups is 1. The predicted molar refractivity (Wildman–Crippen MR) is 85.5 cm³/mol. The molecule has 1 aliphatic rings. The third kappa shape index (κ3) is 3.94. The molecule has 6 nitrogen and oxygen atoms in total. The average Bonchev–Trinajstić information content (AvgIpc) is 3.04. The molecule has 0 bridgehead atoms. The van der Waals surface area contributed by atoms with Crippen molar-refractivity contribution in [2.75, 3.05) is 5.32 Å². The van der Waals surface area contributed by atoms with Crippen LogP contribution in [0.1, 0.15) is 29.9 Å². The van der Waals surface area contributed by atoms with Crippen LogP contribution < -0.4 is 16.2 Å². The molecule has 0 unspecified atom stereocenters. The number of pyridine rings is 1. The summed E-state index contributed by atoms with van der Waals surface area (Å²) in [5.74, 6) is 0.187. The van der Waals surface area contributed by atoms with Gasteiger partial charge in [0.25, 0.3) is 0 Å². The summed E-state index contributed by atoms with van der Waals surface area (Å²) in [6, 6.07) is 9.28. The summed E-state index contributed by atoms with van der Waals surface area (Å²) in [5, 5.41) is 2.66. The lowest BCUT2D eigenvalue weighted by Crippen LogP contribution is -2.32. The number of nitrogens with one attached hydrogen (secondary N) is 3. The minimum atomic E-state index is -4.42. The van der Waals surface area contributed by atoms with Gasteiger partial charge in [0, 0.05) is 18.8 Å². The number of carbonyl (C=O) groups excluding carboxylic acids is 1. The molecule has 3 N–H and O–H groups in total. The molecule has 2 aromatic rings. The highest BCUT2D eigenvalue weighted by Crippen LogP contribution is 2.28. The highest BCUT2D eigenvalue weighted by atomic mass is 19.4. The maximum absolute atomic E-state index is 12.6. The van der Waals surface area contributed by atoms with E-state index in [9.17, 15) is 18.0 Å². The van der Waals surface area contributed by atoms with Crippen molar-refractivity contribution in [3.8, 4) is 0 Å². The molecule has 1 amide bonds. The Kier molecular flexibility index (Phi) is 4.41. The topological polar surface area (TPSA) is 78.4 Å². The molecule has 130 valence electrons. The van der Waals surface area contributed by atoms with Crippen molar-refractivity contribution in [3.05, 3.63) is 59.4 Å². The molecule has 1 atom stereocenters. The van der Waals surface area contributed by atoms with E-state index in [0.717, 1.165) is 17.8 Å². The van der Waals surface area contributed by atoms with Crippen molar-refractivity contribution in [2.45, 2.75) is 19.3 Å². The number of anilines is 1. The molecule has 25 heavy (non-hydrogen) atoms. The number of amides is 1. The minimum Gasteiger partial charge on any atom is -0.326 e. The van der Waals surface area contributed by atoms with Crippen molar-refractivity contribution in [2.24, 2.45) is 4.99 Å². The molecule has 1 aromatic heterocycles. The quantitative estimate of drug-likeness (QED) is 0.796. The molecule has 0 saturated heterocycles. The maximum atomic E-state index is 12.6. The minimum absolute atomic E-state index is 0.165. The number of aliphatic imine (C=N–C) groups is 1. The smallest absolute Gasteiger partial charge is 0.326 e. The number of benzene rings is 1. The van der Waals surface area contributed by atoms with Crippen LogP contribution in [0.3, 0.4) is 0 Å². The zero-order chi connectivity index (χ0) is 18.0. The van der Waals surface area contributed by atoms with Crippen LogP contribution in [0.5, 0.6) is 0 Å². The first-order valence-corrected chi connectivity index (χ1v) is 7.33. The number of hydrazine groups is 1. The number of nitrogens with zero attached hydrogens (tertiary/aromatic N) is 2. The molecular formula is C16H14F3N5O. The van der Waals surface area contributed by atoms with Crippen LogP contribution >= 0.6 is 0 Å². The van der Waals surface area contributed by atoms with Gasteiger partial charge in [0.15, 0.2) is 5.84 Å². The molecule has 0 radical (unpaired) electrons. The maximum Gasteiger partial charge on any atom is 0.417 e. The van der Waals surface area contributed by atoms with E-state index < -0.39 is 17.9 Å². The van der Waals surface area contributed by atoms with E-state index in [2.05, 4.69) is 26.1 Å². The van der Waals surface area contributed by atoms with E-state index in [-0.39, 0.29) is 5.91 Å². The number of rotatable bonds is 3. The Morgan fingerprint density at radius 1 is 1.16 bits per heavy atom. The normalized spacial score (nSPS) is 17.0. The second kappa shape index (κ2) is 6.52. The summed E-state index contributed by atoms with van der Waals surface area (Å²) in [6.45, 7) is 1.42. The summed E-state index contributed by atoms with van der Waals surface area (Å²) in [5.41, 5.74) is 6.71. The average molecular weight is 349 g/mol. The number of alkyl halides is 3. The van der Waals surface area contributed by atoms with E-state index in [4.69, 9.17) is 0 Å². The van der Waals surface area contributed by atoms with Crippen molar-refractivity contribution < 1.29 is 18.0 Å². The summed E-state index contributed by atoms with van der Waals surface area (Å²) in [6.07, 6.45) is -4.06. The van der Waals surface area contributed by atoms with Crippen LogP contribution in [0, 0.1) is 0 Å². The Bertz CT molecular complexity index is 800. The highest BCUT2D eigenvalue weighted by Gasteiger charge is 2.31. The fraction of sp³-hybridized carbons (Fsp3) is 0.188. The third-order valence-electron chi connectivity index (χ3n) is 3.47. The first kappa shape index (κ1) is 16.9. The molecule has 9 heteroatoms. The first-order chi connectivity index (χ1) is 11.8. The summed E-state index contributed by atoms with van der Waals surface area (Å²) in [4.78, 5) is 19.2. The second-order valence-electron chi connectivity index (χ2n) is 5.38. The summed E-state index contributed by atoms with van der Waals surface area (Å²) >= 11 is 0. The highest BCUT2D eigenvalue weighted by molar-refractivity contribution is 5.97. The number of hydrogen-bond donors (Lipinski definition) is 3. The van der Waals surface area contributed by atoms with Crippen molar-refractivity contribution in [1.82, 2.24) is 15.8 Å². The Balaban J connectivity index is 1.75. The van der Waals surface area contributed by atoms with Crippen LogP contribution in [-0.2, 0) is 11.0 Å². The lowest BCUT2D eigenvalue weighted by atomic mass is 10.1. The molecule has 0 spiro atoms. The number of aromatic nitrogens is 1. The van der Waals surface area contributed by atoms with Gasteiger partial charge in [0.05, 0.1) is 5.56 Å². The van der Waals surface area contributed by atoms with Gasteiger partial charge >= 0.3 is 6.18 Å². The fourth-order valence-corrected chi connectivity index (χ4v) is 2.27. The Hall–Kier alpha value is -2.94. The molecule has 1 aromatic carbocycles. The van der Waals surface area contributed by atoms with Crippen molar-refractivity contribution >= 4 is 17.4 Å². The van der Waals surface area contributed by atoms with E-state index in [1.54, 1.807) is 24.3 Å². The molecule has 0 saturated carbocycles. The standard InChI is InChI=1S/C16H14F3N5O/c1-9(25)21-12-5-2-10(3-6-12)14-22-15(24-23-14)13-7-4-11(8-20-13)16(17,18)19/h2-8,14,23H,1H3,(H,21,25)(H,22,24)/t14-/m0/s1. The monoisotopic (exact) mass is 349 g/mol. The van der Waals surface area contributed by atoms with E-state index in [1.807, 2.05) is 0 Å². The van der Waals surface area contributed by atoms with Crippen molar-refractivity contribution in [3.63, 3.8) is 0 Å². The third-order valence-corrected chi connectivity index (χ3v) is 3.47. The van der Waals surface area contributed by atoms with E-state index in [0.29, 0.717) is 17.2 Å². The van der Waals surface area contributed by atoms with Gasteiger partial charge in [-0.15, -0.1) is 0 Å². The van der Waals surface area contributed by atoms with Crippen LogP contribution in [0.2, 0.25) is 0 Å².